The molecular formula is C14H20N2O2. The van der Waals surface area contributed by atoms with Crippen molar-refractivity contribution >= 4 is 5.91 Å². The number of aliphatic hydroxyl groups is 1. The van der Waals surface area contributed by atoms with E-state index in [9.17, 15) is 9.90 Å². The fourth-order valence-electron chi connectivity index (χ4n) is 2.47. The van der Waals surface area contributed by atoms with E-state index in [1.807, 2.05) is 17.0 Å². The number of rotatable bonds is 4. The second-order valence-corrected chi connectivity index (χ2v) is 4.91. The van der Waals surface area contributed by atoms with Crippen molar-refractivity contribution in [2.24, 2.45) is 0 Å². The molecule has 2 atom stereocenters. The van der Waals surface area contributed by atoms with E-state index in [-0.39, 0.29) is 11.9 Å². The van der Waals surface area contributed by atoms with Crippen LogP contribution in [0.2, 0.25) is 0 Å². The Morgan fingerprint density at radius 1 is 1.56 bits per heavy atom. The third-order valence-electron chi connectivity index (χ3n) is 3.44. The van der Waals surface area contributed by atoms with Gasteiger partial charge in [0.2, 0.25) is 5.91 Å². The number of carbonyl (C=O) groups is 1. The minimum atomic E-state index is -0.407. The van der Waals surface area contributed by atoms with Crippen molar-refractivity contribution in [2.45, 2.75) is 44.8 Å². The summed E-state index contributed by atoms with van der Waals surface area (Å²) in [6.07, 6.45) is 6.17. The smallest absolute Gasteiger partial charge is 0.223 e. The second-order valence-electron chi connectivity index (χ2n) is 4.91. The van der Waals surface area contributed by atoms with Crippen LogP contribution < -0.4 is 0 Å². The Morgan fingerprint density at radius 2 is 2.28 bits per heavy atom. The predicted molar refractivity (Wildman–Crippen MR) is 68.8 cm³/mol. The Hall–Kier alpha value is -1.42. The van der Waals surface area contributed by atoms with Crippen molar-refractivity contribution in [3.8, 4) is 0 Å². The molecule has 0 bridgehead atoms. The minimum absolute atomic E-state index is 0.148. The average Bonchev–Trinajstić information content (AvgIpc) is 2.86. The molecule has 1 saturated heterocycles. The first kappa shape index (κ1) is 13.0. The molecule has 4 heteroatoms. The first-order chi connectivity index (χ1) is 8.68. The van der Waals surface area contributed by atoms with Gasteiger partial charge in [-0.05, 0) is 43.9 Å². The number of aliphatic hydroxyl groups excluding tert-OH is 1. The highest BCUT2D eigenvalue weighted by molar-refractivity contribution is 5.77. The van der Waals surface area contributed by atoms with E-state index in [0.29, 0.717) is 12.8 Å². The van der Waals surface area contributed by atoms with Crippen LogP contribution >= 0.6 is 0 Å². The number of hydrogen-bond acceptors (Lipinski definition) is 3. The quantitative estimate of drug-likeness (QED) is 0.885. The number of carbonyl (C=O) groups excluding carboxylic acids is 1. The minimum Gasteiger partial charge on any atom is -0.393 e. The first-order valence-corrected chi connectivity index (χ1v) is 6.56. The van der Waals surface area contributed by atoms with Crippen LogP contribution in [0.25, 0.3) is 0 Å². The summed E-state index contributed by atoms with van der Waals surface area (Å²) in [6, 6.07) is 4.14. The van der Waals surface area contributed by atoms with Crippen LogP contribution in [0.15, 0.2) is 24.5 Å². The molecule has 0 radical (unpaired) electrons. The molecule has 98 valence electrons. The molecule has 1 aromatic heterocycles. The average molecular weight is 248 g/mol. The van der Waals surface area contributed by atoms with E-state index >= 15 is 0 Å². The normalized spacial score (nSPS) is 21.0. The van der Waals surface area contributed by atoms with Crippen molar-refractivity contribution in [3.05, 3.63) is 30.1 Å². The lowest BCUT2D eigenvalue weighted by Crippen LogP contribution is -2.30. The first-order valence-electron chi connectivity index (χ1n) is 6.56. The maximum absolute atomic E-state index is 12.1. The van der Waals surface area contributed by atoms with E-state index in [1.165, 1.54) is 0 Å². The summed E-state index contributed by atoms with van der Waals surface area (Å²) in [5, 5.41) is 9.25. The molecule has 1 N–H and O–H groups in total. The monoisotopic (exact) mass is 248 g/mol. The van der Waals surface area contributed by atoms with Gasteiger partial charge in [0, 0.05) is 25.4 Å². The SMILES string of the molecule is CC(O)CCC(=O)N1CCCC1c1ccncc1. The lowest BCUT2D eigenvalue weighted by atomic mass is 10.1. The number of hydrogen-bond donors (Lipinski definition) is 1. The molecule has 0 saturated carbocycles. The van der Waals surface area contributed by atoms with Crippen LogP contribution in [0.4, 0.5) is 0 Å². The topological polar surface area (TPSA) is 53.4 Å². The van der Waals surface area contributed by atoms with Crippen LogP contribution in [-0.4, -0.2) is 33.5 Å². The predicted octanol–water partition coefficient (Wildman–Crippen LogP) is 1.91. The molecule has 2 unspecified atom stereocenters. The van der Waals surface area contributed by atoms with Crippen molar-refractivity contribution in [1.29, 1.82) is 0 Å². The van der Waals surface area contributed by atoms with Gasteiger partial charge < -0.3 is 10.0 Å². The van der Waals surface area contributed by atoms with Gasteiger partial charge in [0.05, 0.1) is 12.1 Å². The molecule has 1 aliphatic heterocycles. The zero-order valence-electron chi connectivity index (χ0n) is 10.7. The zero-order valence-corrected chi connectivity index (χ0v) is 10.7. The van der Waals surface area contributed by atoms with E-state index in [0.717, 1.165) is 24.9 Å². The summed E-state index contributed by atoms with van der Waals surface area (Å²) in [6.45, 7) is 2.54. The maximum atomic E-state index is 12.1. The molecule has 18 heavy (non-hydrogen) atoms. The van der Waals surface area contributed by atoms with Gasteiger partial charge in [-0.2, -0.15) is 0 Å². The Kier molecular flexibility index (Phi) is 4.31. The molecule has 0 aromatic carbocycles. The van der Waals surface area contributed by atoms with Crippen molar-refractivity contribution < 1.29 is 9.90 Å². The number of aromatic nitrogens is 1. The third kappa shape index (κ3) is 3.07. The van der Waals surface area contributed by atoms with Gasteiger partial charge >= 0.3 is 0 Å². The zero-order chi connectivity index (χ0) is 13.0. The molecule has 1 aliphatic rings. The fraction of sp³-hybridized carbons (Fsp3) is 0.571. The maximum Gasteiger partial charge on any atom is 0.223 e. The Labute approximate surface area is 108 Å². The molecule has 0 spiro atoms. The molecule has 1 aromatic rings. The van der Waals surface area contributed by atoms with E-state index < -0.39 is 6.10 Å². The standard InChI is InChI=1S/C14H20N2O2/c1-11(17)4-5-14(18)16-10-2-3-13(16)12-6-8-15-9-7-12/h6-9,11,13,17H,2-5,10H2,1H3. The van der Waals surface area contributed by atoms with Gasteiger partial charge in [-0.25, -0.2) is 0 Å². The van der Waals surface area contributed by atoms with Crippen LogP contribution in [0.3, 0.4) is 0 Å². The summed E-state index contributed by atoms with van der Waals surface area (Å²) < 4.78 is 0. The van der Waals surface area contributed by atoms with Crippen molar-refractivity contribution in [2.75, 3.05) is 6.54 Å². The second kappa shape index (κ2) is 5.96. The van der Waals surface area contributed by atoms with Gasteiger partial charge in [-0.15, -0.1) is 0 Å². The highest BCUT2D eigenvalue weighted by Gasteiger charge is 2.29. The summed E-state index contributed by atoms with van der Waals surface area (Å²) in [7, 11) is 0. The molecule has 1 amide bonds. The van der Waals surface area contributed by atoms with E-state index in [2.05, 4.69) is 4.98 Å². The summed E-state index contributed by atoms with van der Waals surface area (Å²) in [4.78, 5) is 18.1. The lowest BCUT2D eigenvalue weighted by Gasteiger charge is -2.25. The van der Waals surface area contributed by atoms with Crippen LogP contribution in [-0.2, 0) is 4.79 Å². The Morgan fingerprint density at radius 3 is 2.94 bits per heavy atom. The van der Waals surface area contributed by atoms with Crippen LogP contribution in [0.1, 0.15) is 44.2 Å². The number of amides is 1. The lowest BCUT2D eigenvalue weighted by molar-refractivity contribution is -0.132. The third-order valence-corrected chi connectivity index (χ3v) is 3.44. The molecule has 1 fully saturated rings. The van der Waals surface area contributed by atoms with Crippen LogP contribution in [0.5, 0.6) is 0 Å². The largest absolute Gasteiger partial charge is 0.393 e. The molecule has 0 aliphatic carbocycles. The fourth-order valence-corrected chi connectivity index (χ4v) is 2.47. The van der Waals surface area contributed by atoms with Gasteiger partial charge in [-0.1, -0.05) is 0 Å². The Bertz CT molecular complexity index is 392. The Balaban J connectivity index is 2.01. The number of nitrogens with zero attached hydrogens (tertiary/aromatic N) is 2. The van der Waals surface area contributed by atoms with Gasteiger partial charge in [0.15, 0.2) is 0 Å². The summed E-state index contributed by atoms with van der Waals surface area (Å²) >= 11 is 0. The molecule has 4 nitrogen and oxygen atoms in total. The van der Waals surface area contributed by atoms with Crippen molar-refractivity contribution in [1.82, 2.24) is 9.88 Å². The van der Waals surface area contributed by atoms with Gasteiger partial charge in [0.1, 0.15) is 0 Å². The molecular weight excluding hydrogens is 228 g/mol. The number of likely N-dealkylation sites (tertiary alicyclic amines) is 1. The number of pyridine rings is 1. The molecule has 2 heterocycles. The highest BCUT2D eigenvalue weighted by Crippen LogP contribution is 2.32. The van der Waals surface area contributed by atoms with Gasteiger partial charge in [0.25, 0.3) is 0 Å². The molecule has 2 rings (SSSR count). The van der Waals surface area contributed by atoms with E-state index in [1.54, 1.807) is 19.3 Å². The van der Waals surface area contributed by atoms with Crippen molar-refractivity contribution in [3.63, 3.8) is 0 Å². The van der Waals surface area contributed by atoms with E-state index in [4.69, 9.17) is 0 Å². The summed E-state index contributed by atoms with van der Waals surface area (Å²) in [5.41, 5.74) is 1.16. The summed E-state index contributed by atoms with van der Waals surface area (Å²) in [5.74, 6) is 0.148. The van der Waals surface area contributed by atoms with Crippen LogP contribution in [0, 0.1) is 0 Å². The highest BCUT2D eigenvalue weighted by atomic mass is 16.3. The van der Waals surface area contributed by atoms with Gasteiger partial charge in [-0.3, -0.25) is 9.78 Å².